The summed E-state index contributed by atoms with van der Waals surface area (Å²) in [6, 6.07) is 4.69. The number of amides is 3. The maximum Gasteiger partial charge on any atom is 0.251 e. The zero-order chi connectivity index (χ0) is 27.8. The molecular formula is C30H41N3O4S. The summed E-state index contributed by atoms with van der Waals surface area (Å²) in [6.07, 6.45) is 5.72. The highest BCUT2D eigenvalue weighted by atomic mass is 32.2. The first-order chi connectivity index (χ1) is 18.2. The van der Waals surface area contributed by atoms with Crippen molar-refractivity contribution in [2.75, 3.05) is 31.1 Å². The van der Waals surface area contributed by atoms with Gasteiger partial charge in [-0.25, -0.2) is 0 Å². The van der Waals surface area contributed by atoms with E-state index in [-0.39, 0.29) is 29.6 Å². The predicted octanol–water partition coefficient (Wildman–Crippen LogP) is 3.72. The third-order valence-electron chi connectivity index (χ3n) is 8.38. The molecule has 7 nitrogen and oxygen atoms in total. The van der Waals surface area contributed by atoms with Crippen molar-refractivity contribution < 1.29 is 19.5 Å². The molecule has 3 aliphatic rings. The average molecular weight is 540 g/mol. The second-order valence-corrected chi connectivity index (χ2v) is 12.5. The Bertz CT molecular complexity index is 1120. The first-order valence-electron chi connectivity index (χ1n) is 13.7. The fourth-order valence-electron chi connectivity index (χ4n) is 6.74. The van der Waals surface area contributed by atoms with Crippen LogP contribution in [0.5, 0.6) is 0 Å². The number of aliphatic hydroxyl groups excluding tert-OH is 1. The summed E-state index contributed by atoms with van der Waals surface area (Å²) in [5.74, 6) is -1.45. The van der Waals surface area contributed by atoms with Gasteiger partial charge in [-0.05, 0) is 57.2 Å². The first-order valence-corrected chi connectivity index (χ1v) is 14.5. The molecule has 0 radical (unpaired) electrons. The van der Waals surface area contributed by atoms with Gasteiger partial charge in [0.2, 0.25) is 11.8 Å². The highest BCUT2D eigenvalue weighted by Crippen LogP contribution is 2.67. The average Bonchev–Trinajstić information content (AvgIpc) is 3.55. The number of fused-ring (bicyclic) bond motifs is 1. The summed E-state index contributed by atoms with van der Waals surface area (Å²) in [4.78, 5) is 47.8. The molecule has 0 saturated carbocycles. The molecule has 2 bridgehead atoms. The fraction of sp³-hybridized carbons (Fsp3) is 0.567. The minimum atomic E-state index is -0.770. The molecule has 1 aromatic rings. The summed E-state index contributed by atoms with van der Waals surface area (Å²) in [6.45, 7) is 16.6. The summed E-state index contributed by atoms with van der Waals surface area (Å²) >= 11 is 1.66. The van der Waals surface area contributed by atoms with Crippen LogP contribution in [0.25, 0.3) is 0 Å². The van der Waals surface area contributed by atoms with Crippen LogP contribution < -0.4 is 4.90 Å². The Morgan fingerprint density at radius 1 is 1.24 bits per heavy atom. The van der Waals surface area contributed by atoms with E-state index in [1.165, 1.54) is 0 Å². The molecule has 0 aromatic heterocycles. The van der Waals surface area contributed by atoms with Gasteiger partial charge in [-0.1, -0.05) is 31.2 Å². The minimum absolute atomic E-state index is 0.00364. The van der Waals surface area contributed by atoms with E-state index in [4.69, 9.17) is 0 Å². The number of hydrogen-bond donors (Lipinski definition) is 1. The number of anilines is 1. The van der Waals surface area contributed by atoms with Crippen LogP contribution in [-0.2, 0) is 14.4 Å². The fourth-order valence-corrected chi connectivity index (χ4v) is 8.93. The molecule has 3 amide bonds. The maximum absolute atomic E-state index is 14.6. The zero-order valence-corrected chi connectivity index (χ0v) is 23.9. The van der Waals surface area contributed by atoms with Crippen molar-refractivity contribution in [3.05, 3.63) is 54.6 Å². The molecule has 2 unspecified atom stereocenters. The Labute approximate surface area is 230 Å². The number of hydrogen-bond acceptors (Lipinski definition) is 5. The molecule has 8 heteroatoms. The van der Waals surface area contributed by atoms with Crippen LogP contribution in [0.3, 0.4) is 0 Å². The van der Waals surface area contributed by atoms with Crippen LogP contribution in [0.15, 0.2) is 43.5 Å². The summed E-state index contributed by atoms with van der Waals surface area (Å²) in [7, 11) is 0. The van der Waals surface area contributed by atoms with Crippen LogP contribution in [0.2, 0.25) is 0 Å². The highest BCUT2D eigenvalue weighted by molar-refractivity contribution is 8.02. The first kappa shape index (κ1) is 28.4. The van der Waals surface area contributed by atoms with Gasteiger partial charge in [0.1, 0.15) is 6.04 Å². The van der Waals surface area contributed by atoms with Crippen molar-refractivity contribution in [1.82, 2.24) is 9.80 Å². The highest BCUT2D eigenvalue weighted by Gasteiger charge is 2.74. The van der Waals surface area contributed by atoms with Gasteiger partial charge in [0.25, 0.3) is 5.91 Å². The third-order valence-corrected chi connectivity index (χ3v) is 10.3. The molecule has 3 heterocycles. The largest absolute Gasteiger partial charge is 0.394 e. The Hall–Kier alpha value is -2.58. The van der Waals surface area contributed by atoms with Gasteiger partial charge >= 0.3 is 0 Å². The summed E-state index contributed by atoms with van der Waals surface area (Å²) < 4.78 is -0.703. The van der Waals surface area contributed by atoms with Crippen LogP contribution in [0, 0.1) is 25.7 Å². The number of aryl methyl sites for hydroxylation is 2. The molecular weight excluding hydrogens is 498 g/mol. The maximum atomic E-state index is 14.6. The molecule has 3 fully saturated rings. The zero-order valence-electron chi connectivity index (χ0n) is 23.1. The van der Waals surface area contributed by atoms with Crippen molar-refractivity contribution in [3.63, 3.8) is 0 Å². The monoisotopic (exact) mass is 539 g/mol. The number of carbonyl (C=O) groups excluding carboxylic acids is 3. The third kappa shape index (κ3) is 4.49. The van der Waals surface area contributed by atoms with E-state index < -0.39 is 28.7 Å². The van der Waals surface area contributed by atoms with E-state index in [2.05, 4.69) is 13.2 Å². The number of carbonyl (C=O) groups is 3. The molecule has 4 rings (SSSR count). The molecule has 0 aliphatic carbocycles. The summed E-state index contributed by atoms with van der Waals surface area (Å²) in [5, 5.41) is 10.2. The van der Waals surface area contributed by atoms with Gasteiger partial charge < -0.3 is 19.8 Å². The topological polar surface area (TPSA) is 81.2 Å². The van der Waals surface area contributed by atoms with E-state index in [1.54, 1.807) is 45.5 Å². The van der Waals surface area contributed by atoms with E-state index in [0.717, 1.165) is 29.7 Å². The number of benzene rings is 1. The van der Waals surface area contributed by atoms with Crippen molar-refractivity contribution >= 4 is 35.2 Å². The van der Waals surface area contributed by atoms with Crippen molar-refractivity contribution in [3.8, 4) is 0 Å². The van der Waals surface area contributed by atoms with Crippen molar-refractivity contribution in [2.45, 2.75) is 69.0 Å². The molecule has 1 spiro atoms. The standard InChI is InChI=1S/C30H41N3O4S/c1-7-14-31(15-8-2)27(35)24-23-12-13-30(38-23)25(24)28(36)33(21(6)18-34)26(30)29(37)32(16-9-3)22-17-19(4)10-11-20(22)5/h7,9-11,17,21,23-26,34H,1,3,8,12-16,18H2,2,4-6H3/t21-,23-,24+,25+,26?,30?/m1/s1. The predicted molar refractivity (Wildman–Crippen MR) is 153 cm³/mol. The molecule has 206 valence electrons. The Kier molecular flexibility index (Phi) is 8.43. The normalized spacial score (nSPS) is 28.2. The molecule has 38 heavy (non-hydrogen) atoms. The molecule has 1 N–H and O–H groups in total. The van der Waals surface area contributed by atoms with E-state index in [9.17, 15) is 19.5 Å². The van der Waals surface area contributed by atoms with Crippen LogP contribution in [-0.4, -0.2) is 80.9 Å². The van der Waals surface area contributed by atoms with E-state index >= 15 is 0 Å². The summed E-state index contributed by atoms with van der Waals surface area (Å²) in [5.41, 5.74) is 2.79. The molecule has 6 atom stereocenters. The lowest BCUT2D eigenvalue weighted by atomic mass is 9.70. The molecule has 3 aliphatic heterocycles. The SMILES string of the molecule is C=CCN(CCC)C(=O)[C@@H]1[C@H]2C(=O)N([C@H](C)CO)C(C(=O)N(CC=C)c3cc(C)ccc3C)C23CC[C@H]1S3. The molecule has 3 saturated heterocycles. The van der Waals surface area contributed by atoms with Crippen molar-refractivity contribution in [1.29, 1.82) is 0 Å². The van der Waals surface area contributed by atoms with Gasteiger partial charge in [0, 0.05) is 30.6 Å². The van der Waals surface area contributed by atoms with Gasteiger partial charge in [0.05, 0.1) is 29.2 Å². The second kappa shape index (κ2) is 11.3. The Balaban J connectivity index is 1.80. The van der Waals surface area contributed by atoms with Gasteiger partial charge in [-0.3, -0.25) is 14.4 Å². The number of rotatable bonds is 11. The number of nitrogens with zero attached hydrogens (tertiary/aromatic N) is 3. The number of aliphatic hydroxyl groups is 1. The lowest BCUT2D eigenvalue weighted by Gasteiger charge is -2.39. The quantitative estimate of drug-likeness (QED) is 0.434. The minimum Gasteiger partial charge on any atom is -0.394 e. The van der Waals surface area contributed by atoms with Gasteiger partial charge in [0.15, 0.2) is 0 Å². The lowest BCUT2D eigenvalue weighted by Crippen LogP contribution is -2.57. The van der Waals surface area contributed by atoms with Gasteiger partial charge in [-0.2, -0.15) is 0 Å². The second-order valence-electron chi connectivity index (χ2n) is 10.9. The number of thioether (sulfide) groups is 1. The number of likely N-dealkylation sites (tertiary alicyclic amines) is 1. The molecule has 1 aromatic carbocycles. The Morgan fingerprint density at radius 3 is 2.58 bits per heavy atom. The van der Waals surface area contributed by atoms with E-state index in [0.29, 0.717) is 26.1 Å². The lowest BCUT2D eigenvalue weighted by molar-refractivity contribution is -0.145. The van der Waals surface area contributed by atoms with Crippen LogP contribution in [0.1, 0.15) is 44.2 Å². The Morgan fingerprint density at radius 2 is 1.95 bits per heavy atom. The van der Waals surface area contributed by atoms with Crippen LogP contribution >= 0.6 is 11.8 Å². The van der Waals surface area contributed by atoms with Crippen LogP contribution in [0.4, 0.5) is 5.69 Å². The van der Waals surface area contributed by atoms with Crippen molar-refractivity contribution in [2.24, 2.45) is 11.8 Å². The van der Waals surface area contributed by atoms with Gasteiger partial charge in [-0.15, -0.1) is 24.9 Å². The van der Waals surface area contributed by atoms with E-state index in [1.807, 2.05) is 39.0 Å². The smallest absolute Gasteiger partial charge is 0.251 e.